The van der Waals surface area contributed by atoms with Gasteiger partial charge in [-0.1, -0.05) is 0 Å². The van der Waals surface area contributed by atoms with E-state index in [9.17, 15) is 32.7 Å². The van der Waals surface area contributed by atoms with Crippen LogP contribution in [0.1, 0.15) is 29.9 Å². The lowest BCUT2D eigenvalue weighted by atomic mass is 9.95. The molecule has 0 saturated carbocycles. The van der Waals surface area contributed by atoms with Gasteiger partial charge >= 0.3 is 5.97 Å². The second-order valence-corrected chi connectivity index (χ2v) is 9.76. The zero-order chi connectivity index (χ0) is 21.7. The Morgan fingerprint density at radius 3 is 2.52 bits per heavy atom. The third-order valence-electron chi connectivity index (χ3n) is 4.97. The van der Waals surface area contributed by atoms with Gasteiger partial charge in [0.2, 0.25) is 5.91 Å². The van der Waals surface area contributed by atoms with Gasteiger partial charge in [0.15, 0.2) is 21.3 Å². The van der Waals surface area contributed by atoms with Gasteiger partial charge in [0.1, 0.15) is 4.75 Å². The largest absolute Gasteiger partial charge is 0.480 e. The highest BCUT2D eigenvalue weighted by molar-refractivity contribution is 7.94. The fraction of sp³-hybridized carbons (Fsp3) is 0.353. The van der Waals surface area contributed by atoms with Crippen molar-refractivity contribution in [1.82, 2.24) is 15.2 Å². The van der Waals surface area contributed by atoms with Crippen molar-refractivity contribution in [2.45, 2.75) is 30.0 Å². The van der Waals surface area contributed by atoms with E-state index in [-0.39, 0.29) is 23.4 Å². The van der Waals surface area contributed by atoms with E-state index in [0.29, 0.717) is 0 Å². The highest BCUT2D eigenvalue weighted by Gasteiger charge is 2.70. The highest BCUT2D eigenvalue weighted by Crippen LogP contribution is 2.48. The molecule has 154 valence electrons. The minimum Gasteiger partial charge on any atom is -0.480 e. The van der Waals surface area contributed by atoms with Crippen molar-refractivity contribution in [2.24, 2.45) is 5.73 Å². The number of sulfone groups is 1. The van der Waals surface area contributed by atoms with Crippen molar-refractivity contribution >= 4 is 39.6 Å². The average molecular weight is 422 g/mol. The number of rotatable bonds is 5. The molecule has 2 atom stereocenters. The Morgan fingerprint density at radius 2 is 2.00 bits per heavy atom. The van der Waals surface area contributed by atoms with Gasteiger partial charge in [-0.2, -0.15) is 0 Å². The lowest BCUT2D eigenvalue weighted by Gasteiger charge is -2.37. The first-order valence-electron chi connectivity index (χ1n) is 8.42. The van der Waals surface area contributed by atoms with Crippen LogP contribution >= 0.6 is 0 Å². The molecule has 2 fully saturated rings. The molecule has 3 rings (SSSR count). The van der Waals surface area contributed by atoms with Crippen molar-refractivity contribution in [1.29, 1.82) is 0 Å². The fourth-order valence-corrected chi connectivity index (χ4v) is 5.52. The number of amides is 3. The molecule has 1 aromatic heterocycles. The number of fused-ring (bicyclic) bond motifs is 1. The molecule has 3 amide bonds. The maximum Gasteiger partial charge on any atom is 0.328 e. The zero-order valence-electron chi connectivity index (χ0n) is 15.4. The molecule has 0 unspecified atom stereocenters. The van der Waals surface area contributed by atoms with Crippen LogP contribution in [0.2, 0.25) is 0 Å². The van der Waals surface area contributed by atoms with Gasteiger partial charge in [0.25, 0.3) is 11.8 Å². The second kappa shape index (κ2) is 6.65. The number of aromatic nitrogens is 1. The molecule has 0 radical (unpaired) electrons. The zero-order valence-corrected chi connectivity index (χ0v) is 16.3. The van der Waals surface area contributed by atoms with Gasteiger partial charge in [0.05, 0.1) is 23.4 Å². The maximum absolute atomic E-state index is 12.8. The summed E-state index contributed by atoms with van der Waals surface area (Å²) in [6.07, 6.45) is 2.45. The monoisotopic (exact) mass is 422 g/mol. The van der Waals surface area contributed by atoms with E-state index in [1.165, 1.54) is 38.3 Å². The lowest BCUT2D eigenvalue weighted by molar-refractivity contribution is -0.152. The Balaban J connectivity index is 1.87. The molecule has 1 aromatic rings. The first kappa shape index (κ1) is 20.5. The SMILES string of the molecule is CC1(C)[C@H](C(=O)O)N2C(=O)/C(=C/c3ccc(C(=O)NCC(N)=O)cn3)[C@H]2S1(=O)=O. The van der Waals surface area contributed by atoms with Crippen molar-refractivity contribution < 1.29 is 32.7 Å². The highest BCUT2D eigenvalue weighted by atomic mass is 32.2. The number of hydrogen-bond acceptors (Lipinski definition) is 7. The Bertz CT molecular complexity index is 1060. The average Bonchev–Trinajstić information content (AvgIpc) is 2.78. The van der Waals surface area contributed by atoms with Crippen LogP contribution in [0, 0.1) is 0 Å². The quantitative estimate of drug-likeness (QED) is 0.379. The number of primary amides is 1. The van der Waals surface area contributed by atoms with E-state index in [1.807, 2.05) is 0 Å². The van der Waals surface area contributed by atoms with Crippen molar-refractivity contribution in [3.8, 4) is 0 Å². The number of carboxylic acid groups (broad SMARTS) is 1. The van der Waals surface area contributed by atoms with Crippen LogP contribution in [-0.4, -0.2) is 69.8 Å². The number of carbonyl (C=O) groups excluding carboxylic acids is 3. The molecule has 0 aromatic carbocycles. The third kappa shape index (κ3) is 3.05. The van der Waals surface area contributed by atoms with Crippen LogP contribution < -0.4 is 11.1 Å². The topological polar surface area (TPSA) is 177 Å². The van der Waals surface area contributed by atoms with E-state index >= 15 is 0 Å². The minimum absolute atomic E-state index is 0.0831. The predicted octanol–water partition coefficient (Wildman–Crippen LogP) is -1.49. The normalized spacial score (nSPS) is 25.2. The number of nitrogens with zero attached hydrogens (tertiary/aromatic N) is 2. The summed E-state index contributed by atoms with van der Waals surface area (Å²) >= 11 is 0. The van der Waals surface area contributed by atoms with Gasteiger partial charge < -0.3 is 21.1 Å². The number of carboxylic acids is 1. The Kier molecular flexibility index (Phi) is 4.69. The second-order valence-electron chi connectivity index (χ2n) is 7.17. The number of aliphatic carboxylic acids is 1. The van der Waals surface area contributed by atoms with Crippen LogP contribution in [0.4, 0.5) is 0 Å². The molecule has 2 aliphatic heterocycles. The summed E-state index contributed by atoms with van der Waals surface area (Å²) in [5.74, 6) is -3.37. The van der Waals surface area contributed by atoms with Crippen LogP contribution in [0.3, 0.4) is 0 Å². The fourth-order valence-electron chi connectivity index (χ4n) is 3.40. The third-order valence-corrected chi connectivity index (χ3v) is 7.73. The molecule has 4 N–H and O–H groups in total. The smallest absolute Gasteiger partial charge is 0.328 e. The number of pyridine rings is 1. The molecule has 0 aliphatic carbocycles. The molecule has 2 aliphatic rings. The predicted molar refractivity (Wildman–Crippen MR) is 98.8 cm³/mol. The summed E-state index contributed by atoms with van der Waals surface area (Å²) in [5, 5.41) is 10.3. The van der Waals surface area contributed by atoms with E-state index < -0.39 is 49.7 Å². The summed E-state index contributed by atoms with van der Waals surface area (Å²) in [6.45, 7) is 2.22. The number of β-lactam (4-membered cyclic amide) rings is 1. The number of nitrogens with one attached hydrogen (secondary N) is 1. The van der Waals surface area contributed by atoms with Crippen LogP contribution in [-0.2, 0) is 24.2 Å². The number of nitrogens with two attached hydrogens (primary N) is 1. The standard InChI is InChI=1S/C17H18N4O7S/c1-17(2)12(16(25)26)21-14(24)10(15(21)29(17,27)28)5-9-4-3-8(6-19-9)13(23)20-7-11(18)22/h3-6,12,15H,7H2,1-2H3,(H2,18,22)(H,20,23)(H,25,26)/b10-5-/t12-,15+/m0/s1. The van der Waals surface area contributed by atoms with Gasteiger partial charge in [-0.15, -0.1) is 0 Å². The van der Waals surface area contributed by atoms with Crippen molar-refractivity contribution in [3.05, 3.63) is 35.2 Å². The minimum atomic E-state index is -3.98. The maximum atomic E-state index is 12.8. The van der Waals surface area contributed by atoms with Crippen LogP contribution in [0.15, 0.2) is 23.9 Å². The molecule has 0 bridgehead atoms. The number of carbonyl (C=O) groups is 4. The molecule has 2 saturated heterocycles. The van der Waals surface area contributed by atoms with Gasteiger partial charge in [-0.05, 0) is 32.1 Å². The van der Waals surface area contributed by atoms with Crippen LogP contribution in [0.5, 0.6) is 0 Å². The lowest BCUT2D eigenvalue weighted by Crippen LogP contribution is -2.58. The first-order chi connectivity index (χ1) is 13.4. The van der Waals surface area contributed by atoms with Gasteiger partial charge in [-0.3, -0.25) is 19.4 Å². The van der Waals surface area contributed by atoms with E-state index in [4.69, 9.17) is 5.73 Å². The van der Waals surface area contributed by atoms with E-state index in [1.54, 1.807) is 0 Å². The van der Waals surface area contributed by atoms with E-state index in [0.717, 1.165) is 4.90 Å². The van der Waals surface area contributed by atoms with Gasteiger partial charge in [0, 0.05) is 6.20 Å². The van der Waals surface area contributed by atoms with Gasteiger partial charge in [-0.25, -0.2) is 13.2 Å². The Labute approximate surface area is 165 Å². The molecule has 3 heterocycles. The molecular formula is C17H18N4O7S. The summed E-state index contributed by atoms with van der Waals surface area (Å²) in [5.41, 5.74) is 5.21. The summed E-state index contributed by atoms with van der Waals surface area (Å²) in [6, 6.07) is 1.29. The van der Waals surface area contributed by atoms with Crippen molar-refractivity contribution in [2.75, 3.05) is 6.54 Å². The number of hydrogen-bond donors (Lipinski definition) is 3. The summed E-state index contributed by atoms with van der Waals surface area (Å²) in [7, 11) is -3.98. The Morgan fingerprint density at radius 1 is 1.34 bits per heavy atom. The van der Waals surface area contributed by atoms with E-state index in [2.05, 4.69) is 10.3 Å². The molecule has 29 heavy (non-hydrogen) atoms. The molecule has 11 nitrogen and oxygen atoms in total. The van der Waals surface area contributed by atoms with Crippen LogP contribution in [0.25, 0.3) is 6.08 Å². The molecule has 12 heteroatoms. The van der Waals surface area contributed by atoms with Crippen molar-refractivity contribution in [3.63, 3.8) is 0 Å². The molecular weight excluding hydrogens is 404 g/mol. The molecule has 0 spiro atoms. The summed E-state index contributed by atoms with van der Waals surface area (Å²) < 4.78 is 23.9. The first-order valence-corrected chi connectivity index (χ1v) is 9.97. The Hall–Kier alpha value is -3.28. The summed E-state index contributed by atoms with van der Waals surface area (Å²) in [4.78, 5) is 51.4.